The van der Waals surface area contributed by atoms with Gasteiger partial charge in [0.1, 0.15) is 0 Å². The SMILES string of the molecule is O=[N+]([O-])c1ccccc1S(=O)(=O)Nc1ccc(-c2ccc(N3CCCCCC3)nn2)cc1. The van der Waals surface area contributed by atoms with Crippen LogP contribution >= 0.6 is 0 Å². The van der Waals surface area contributed by atoms with Gasteiger partial charge < -0.3 is 4.90 Å². The highest BCUT2D eigenvalue weighted by atomic mass is 32.2. The van der Waals surface area contributed by atoms with E-state index >= 15 is 0 Å². The van der Waals surface area contributed by atoms with Gasteiger partial charge in [-0.1, -0.05) is 37.1 Å². The average Bonchev–Trinajstić information content (AvgIpc) is 3.09. The van der Waals surface area contributed by atoms with Crippen molar-refractivity contribution >= 4 is 27.2 Å². The highest BCUT2D eigenvalue weighted by Gasteiger charge is 2.25. The Morgan fingerprint density at radius 3 is 2.19 bits per heavy atom. The molecule has 4 rings (SSSR count). The number of para-hydroxylation sites is 1. The number of rotatable bonds is 6. The molecule has 0 unspecified atom stereocenters. The first-order valence-corrected chi connectivity index (χ1v) is 11.9. The molecular weight excluding hydrogens is 430 g/mol. The number of nitro benzene ring substituents is 1. The zero-order chi connectivity index (χ0) is 22.6. The van der Waals surface area contributed by atoms with E-state index in [0.717, 1.165) is 43.4 Å². The summed E-state index contributed by atoms with van der Waals surface area (Å²) in [6.07, 6.45) is 4.81. The van der Waals surface area contributed by atoms with Gasteiger partial charge in [-0.2, -0.15) is 0 Å². The molecule has 32 heavy (non-hydrogen) atoms. The number of aromatic nitrogens is 2. The molecule has 1 aliphatic rings. The van der Waals surface area contributed by atoms with E-state index < -0.39 is 20.6 Å². The largest absolute Gasteiger partial charge is 0.355 e. The first-order valence-electron chi connectivity index (χ1n) is 10.4. The summed E-state index contributed by atoms with van der Waals surface area (Å²) in [6.45, 7) is 1.98. The molecule has 10 heteroatoms. The molecule has 0 radical (unpaired) electrons. The van der Waals surface area contributed by atoms with Gasteiger partial charge in [0.05, 0.1) is 10.6 Å². The minimum atomic E-state index is -4.11. The van der Waals surface area contributed by atoms with E-state index in [1.54, 1.807) is 24.3 Å². The first kappa shape index (κ1) is 21.7. The minimum Gasteiger partial charge on any atom is -0.355 e. The van der Waals surface area contributed by atoms with Crippen molar-refractivity contribution in [3.8, 4) is 11.3 Å². The fourth-order valence-corrected chi connectivity index (χ4v) is 4.93. The molecule has 1 aromatic heterocycles. The number of nitrogens with zero attached hydrogens (tertiary/aromatic N) is 4. The maximum atomic E-state index is 12.7. The lowest BCUT2D eigenvalue weighted by molar-refractivity contribution is -0.387. The molecule has 1 N–H and O–H groups in total. The lowest BCUT2D eigenvalue weighted by Crippen LogP contribution is -2.25. The summed E-state index contributed by atoms with van der Waals surface area (Å²) in [5, 5.41) is 19.9. The Morgan fingerprint density at radius 2 is 1.56 bits per heavy atom. The van der Waals surface area contributed by atoms with Crippen molar-refractivity contribution in [2.75, 3.05) is 22.7 Å². The van der Waals surface area contributed by atoms with Crippen LogP contribution in [0, 0.1) is 10.1 Å². The van der Waals surface area contributed by atoms with Crippen LogP contribution in [0.25, 0.3) is 11.3 Å². The molecule has 2 aromatic carbocycles. The van der Waals surface area contributed by atoms with Crippen LogP contribution < -0.4 is 9.62 Å². The lowest BCUT2D eigenvalue weighted by Gasteiger charge is -2.20. The number of hydrogen-bond donors (Lipinski definition) is 1. The summed E-state index contributed by atoms with van der Waals surface area (Å²) in [4.78, 5) is 12.3. The second kappa shape index (κ2) is 9.31. The molecule has 2 heterocycles. The van der Waals surface area contributed by atoms with Crippen LogP contribution in [-0.2, 0) is 10.0 Å². The highest BCUT2D eigenvalue weighted by Crippen LogP contribution is 2.27. The Bertz CT molecular complexity index is 1190. The van der Waals surface area contributed by atoms with Crippen molar-refractivity contribution in [1.29, 1.82) is 0 Å². The predicted molar refractivity (Wildman–Crippen MR) is 122 cm³/mol. The number of sulfonamides is 1. The zero-order valence-corrected chi connectivity index (χ0v) is 18.2. The van der Waals surface area contributed by atoms with E-state index in [0.29, 0.717) is 11.4 Å². The van der Waals surface area contributed by atoms with Crippen molar-refractivity contribution in [1.82, 2.24) is 10.2 Å². The van der Waals surface area contributed by atoms with E-state index in [9.17, 15) is 18.5 Å². The van der Waals surface area contributed by atoms with Gasteiger partial charge >= 0.3 is 0 Å². The molecule has 0 bridgehead atoms. The first-order chi connectivity index (χ1) is 15.4. The smallest absolute Gasteiger partial charge is 0.289 e. The molecule has 1 aliphatic heterocycles. The fraction of sp³-hybridized carbons (Fsp3) is 0.273. The van der Waals surface area contributed by atoms with E-state index in [4.69, 9.17) is 0 Å². The molecule has 0 aliphatic carbocycles. The summed E-state index contributed by atoms with van der Waals surface area (Å²) >= 11 is 0. The molecule has 0 atom stereocenters. The summed E-state index contributed by atoms with van der Waals surface area (Å²) in [5.41, 5.74) is 1.28. The van der Waals surface area contributed by atoms with Crippen molar-refractivity contribution in [3.63, 3.8) is 0 Å². The van der Waals surface area contributed by atoms with Gasteiger partial charge in [-0.3, -0.25) is 14.8 Å². The van der Waals surface area contributed by atoms with Crippen LogP contribution in [0.1, 0.15) is 25.7 Å². The molecular formula is C22H23N5O4S. The number of hydrogen-bond acceptors (Lipinski definition) is 7. The summed E-state index contributed by atoms with van der Waals surface area (Å²) in [6, 6.07) is 15.7. The Kier molecular flexibility index (Phi) is 6.31. The zero-order valence-electron chi connectivity index (χ0n) is 17.3. The quantitative estimate of drug-likeness (QED) is 0.438. The van der Waals surface area contributed by atoms with Crippen LogP contribution in [0.4, 0.5) is 17.2 Å². The standard InChI is InChI=1S/C22H23N5O4S/c28-27(29)20-7-3-4-8-21(20)32(30,31)25-18-11-9-17(10-12-18)19-13-14-22(24-23-19)26-15-5-1-2-6-16-26/h3-4,7-14,25H,1-2,5-6,15-16H2. The summed E-state index contributed by atoms with van der Waals surface area (Å²) in [7, 11) is -4.11. The van der Waals surface area contributed by atoms with Gasteiger partial charge in [-0.15, -0.1) is 10.2 Å². The van der Waals surface area contributed by atoms with E-state index in [1.165, 1.54) is 31.0 Å². The topological polar surface area (TPSA) is 118 Å². The fourth-order valence-electron chi connectivity index (χ4n) is 3.70. The third kappa shape index (κ3) is 4.86. The average molecular weight is 454 g/mol. The van der Waals surface area contributed by atoms with Gasteiger partial charge in [-0.05, 0) is 43.2 Å². The van der Waals surface area contributed by atoms with Gasteiger partial charge in [-0.25, -0.2) is 8.42 Å². The van der Waals surface area contributed by atoms with Crippen molar-refractivity contribution in [2.45, 2.75) is 30.6 Å². The van der Waals surface area contributed by atoms with Crippen LogP contribution in [0.5, 0.6) is 0 Å². The molecule has 0 saturated carbocycles. The van der Waals surface area contributed by atoms with Crippen LogP contribution in [0.2, 0.25) is 0 Å². The Balaban J connectivity index is 1.49. The van der Waals surface area contributed by atoms with Crippen molar-refractivity contribution in [2.24, 2.45) is 0 Å². The lowest BCUT2D eigenvalue weighted by atomic mass is 10.1. The third-order valence-corrected chi connectivity index (χ3v) is 6.79. The highest BCUT2D eigenvalue weighted by molar-refractivity contribution is 7.92. The monoisotopic (exact) mass is 453 g/mol. The second-order valence-electron chi connectivity index (χ2n) is 7.59. The summed E-state index contributed by atoms with van der Waals surface area (Å²) < 4.78 is 27.7. The minimum absolute atomic E-state index is 0.293. The normalized spacial score (nSPS) is 14.6. The van der Waals surface area contributed by atoms with Crippen LogP contribution in [-0.4, -0.2) is 36.6 Å². The van der Waals surface area contributed by atoms with Crippen LogP contribution in [0.15, 0.2) is 65.6 Å². The van der Waals surface area contributed by atoms with Crippen molar-refractivity contribution in [3.05, 3.63) is 70.8 Å². The maximum absolute atomic E-state index is 12.7. The van der Waals surface area contributed by atoms with E-state index in [1.807, 2.05) is 12.1 Å². The van der Waals surface area contributed by atoms with Crippen LogP contribution in [0.3, 0.4) is 0 Å². The summed E-state index contributed by atoms with van der Waals surface area (Å²) in [5.74, 6) is 0.865. The Labute approximate surface area is 186 Å². The maximum Gasteiger partial charge on any atom is 0.289 e. The van der Waals surface area contributed by atoms with Gasteiger partial charge in [0.25, 0.3) is 15.7 Å². The van der Waals surface area contributed by atoms with Gasteiger partial charge in [0.2, 0.25) is 0 Å². The Hall–Kier alpha value is -3.53. The Morgan fingerprint density at radius 1 is 0.875 bits per heavy atom. The van der Waals surface area contributed by atoms with Gasteiger partial charge in [0.15, 0.2) is 10.7 Å². The molecule has 9 nitrogen and oxygen atoms in total. The third-order valence-electron chi connectivity index (χ3n) is 5.36. The number of anilines is 2. The van der Waals surface area contributed by atoms with E-state index in [-0.39, 0.29) is 4.90 Å². The van der Waals surface area contributed by atoms with Crippen molar-refractivity contribution < 1.29 is 13.3 Å². The number of nitro groups is 1. The molecule has 3 aromatic rings. The second-order valence-corrected chi connectivity index (χ2v) is 9.24. The van der Waals surface area contributed by atoms with Gasteiger partial charge in [0, 0.05) is 30.4 Å². The molecule has 0 spiro atoms. The number of nitrogens with one attached hydrogen (secondary N) is 1. The molecule has 0 amide bonds. The molecule has 1 saturated heterocycles. The number of benzene rings is 2. The molecule has 1 fully saturated rings. The molecule has 166 valence electrons. The van der Waals surface area contributed by atoms with E-state index in [2.05, 4.69) is 19.8 Å². The predicted octanol–water partition coefficient (Wildman–Crippen LogP) is 4.23.